The summed E-state index contributed by atoms with van der Waals surface area (Å²) in [6.07, 6.45) is 29.1. The molecule has 0 radical (unpaired) electrons. The van der Waals surface area contributed by atoms with Crippen LogP contribution in [0.2, 0.25) is 0 Å². The van der Waals surface area contributed by atoms with Crippen molar-refractivity contribution < 1.29 is 63.1 Å². The van der Waals surface area contributed by atoms with Crippen molar-refractivity contribution in [2.24, 2.45) is 0 Å². The largest absolute Gasteiger partial charge is 0.472 e. The molecule has 1 aliphatic rings. The lowest BCUT2D eigenvalue weighted by Crippen LogP contribution is -2.64. The van der Waals surface area contributed by atoms with Crippen LogP contribution in [0.1, 0.15) is 194 Å². The molecule has 0 saturated heterocycles. The molecule has 356 valence electrons. The molecular formula is C47H85O13P. The van der Waals surface area contributed by atoms with Gasteiger partial charge in [-0.05, 0) is 51.4 Å². The Morgan fingerprint density at radius 2 is 0.885 bits per heavy atom. The van der Waals surface area contributed by atoms with Gasteiger partial charge in [0.25, 0.3) is 0 Å². The van der Waals surface area contributed by atoms with Crippen molar-refractivity contribution in [1.82, 2.24) is 0 Å². The topological polar surface area (TPSA) is 210 Å². The van der Waals surface area contributed by atoms with Crippen LogP contribution in [0, 0.1) is 0 Å². The molecule has 6 N–H and O–H groups in total. The SMILES string of the molecule is CCCCC/C=C\C/C=C\C/C=C\CCCCCCC(=O)OC(COC(=O)CCCCCCCCCCCCCCCCC)COP(=O)(O)OC1C(O)C(O)C(O)C(O)C1O. The van der Waals surface area contributed by atoms with Crippen molar-refractivity contribution >= 4 is 19.8 Å². The molecule has 1 rings (SSSR count). The van der Waals surface area contributed by atoms with E-state index in [1.807, 2.05) is 0 Å². The number of carbonyl (C=O) groups is 2. The Balaban J connectivity index is 2.46. The Hall–Kier alpha value is -1.93. The molecular weight excluding hydrogens is 803 g/mol. The maximum Gasteiger partial charge on any atom is 0.472 e. The lowest BCUT2D eigenvalue weighted by Gasteiger charge is -2.41. The van der Waals surface area contributed by atoms with Gasteiger partial charge in [0.1, 0.15) is 43.2 Å². The number of ether oxygens (including phenoxy) is 2. The summed E-state index contributed by atoms with van der Waals surface area (Å²) < 4.78 is 33.5. The van der Waals surface area contributed by atoms with Gasteiger partial charge < -0.3 is 39.9 Å². The van der Waals surface area contributed by atoms with Crippen LogP contribution in [-0.2, 0) is 32.7 Å². The van der Waals surface area contributed by atoms with Gasteiger partial charge in [-0.15, -0.1) is 0 Å². The third-order valence-electron chi connectivity index (χ3n) is 11.0. The summed E-state index contributed by atoms with van der Waals surface area (Å²) in [6, 6.07) is 0. The molecule has 6 atom stereocenters. The van der Waals surface area contributed by atoms with E-state index < -0.39 is 75.7 Å². The first-order valence-electron chi connectivity index (χ1n) is 23.8. The number of rotatable bonds is 39. The molecule has 0 aromatic carbocycles. The van der Waals surface area contributed by atoms with E-state index in [1.54, 1.807) is 0 Å². The van der Waals surface area contributed by atoms with Crippen molar-refractivity contribution in [3.63, 3.8) is 0 Å². The fourth-order valence-electron chi connectivity index (χ4n) is 7.12. The van der Waals surface area contributed by atoms with Gasteiger partial charge in [-0.1, -0.05) is 166 Å². The van der Waals surface area contributed by atoms with E-state index in [0.29, 0.717) is 12.8 Å². The van der Waals surface area contributed by atoms with Crippen LogP contribution in [0.15, 0.2) is 36.5 Å². The van der Waals surface area contributed by atoms with Gasteiger partial charge in [0, 0.05) is 12.8 Å². The highest BCUT2D eigenvalue weighted by Crippen LogP contribution is 2.47. The predicted molar refractivity (Wildman–Crippen MR) is 240 cm³/mol. The van der Waals surface area contributed by atoms with E-state index in [4.69, 9.17) is 18.5 Å². The van der Waals surface area contributed by atoms with E-state index in [2.05, 4.69) is 50.3 Å². The number of allylic oxidation sites excluding steroid dienone is 6. The molecule has 61 heavy (non-hydrogen) atoms. The first-order chi connectivity index (χ1) is 29.4. The van der Waals surface area contributed by atoms with Gasteiger partial charge in [0.05, 0.1) is 6.61 Å². The van der Waals surface area contributed by atoms with Crippen LogP contribution in [0.25, 0.3) is 0 Å². The Morgan fingerprint density at radius 1 is 0.508 bits per heavy atom. The van der Waals surface area contributed by atoms with E-state index in [0.717, 1.165) is 64.2 Å². The molecule has 1 aliphatic carbocycles. The van der Waals surface area contributed by atoms with Crippen molar-refractivity contribution in [1.29, 1.82) is 0 Å². The number of carbonyl (C=O) groups excluding carboxylic acids is 2. The smallest absolute Gasteiger partial charge is 0.462 e. The second kappa shape index (κ2) is 37.4. The monoisotopic (exact) mass is 889 g/mol. The Morgan fingerprint density at radius 3 is 1.38 bits per heavy atom. The summed E-state index contributed by atoms with van der Waals surface area (Å²) >= 11 is 0. The van der Waals surface area contributed by atoms with Gasteiger partial charge in [0.15, 0.2) is 6.10 Å². The van der Waals surface area contributed by atoms with E-state index >= 15 is 0 Å². The summed E-state index contributed by atoms with van der Waals surface area (Å²) in [7, 11) is -5.12. The zero-order valence-electron chi connectivity index (χ0n) is 37.7. The maximum absolute atomic E-state index is 12.8. The molecule has 14 heteroatoms. The minimum absolute atomic E-state index is 0.0725. The Labute approximate surface area is 368 Å². The zero-order valence-corrected chi connectivity index (χ0v) is 38.6. The van der Waals surface area contributed by atoms with Gasteiger partial charge in [-0.25, -0.2) is 4.57 Å². The van der Waals surface area contributed by atoms with Crippen molar-refractivity contribution in [2.75, 3.05) is 13.2 Å². The number of hydrogen-bond acceptors (Lipinski definition) is 12. The molecule has 0 amide bonds. The highest BCUT2D eigenvalue weighted by atomic mass is 31.2. The summed E-state index contributed by atoms with van der Waals surface area (Å²) in [5.41, 5.74) is 0. The normalized spacial score (nSPS) is 22.3. The number of unbranched alkanes of at least 4 members (excludes halogenated alkanes) is 21. The summed E-state index contributed by atoms with van der Waals surface area (Å²) in [4.78, 5) is 35.7. The summed E-state index contributed by atoms with van der Waals surface area (Å²) in [5.74, 6) is -1.12. The first kappa shape index (κ1) is 57.1. The van der Waals surface area contributed by atoms with Crippen molar-refractivity contribution in [3.05, 3.63) is 36.5 Å². The van der Waals surface area contributed by atoms with Crippen LogP contribution < -0.4 is 0 Å². The fraction of sp³-hybridized carbons (Fsp3) is 0.830. The Bertz CT molecular complexity index is 1210. The highest BCUT2D eigenvalue weighted by Gasteiger charge is 2.51. The van der Waals surface area contributed by atoms with Gasteiger partial charge in [0.2, 0.25) is 0 Å². The number of aliphatic hydroxyl groups is 5. The van der Waals surface area contributed by atoms with E-state index in [-0.39, 0.29) is 12.8 Å². The van der Waals surface area contributed by atoms with Crippen LogP contribution in [-0.4, -0.2) is 98.3 Å². The maximum atomic E-state index is 12.8. The minimum Gasteiger partial charge on any atom is -0.462 e. The van der Waals surface area contributed by atoms with Gasteiger partial charge >= 0.3 is 19.8 Å². The molecule has 6 unspecified atom stereocenters. The number of hydrogen-bond donors (Lipinski definition) is 6. The molecule has 0 aromatic heterocycles. The lowest BCUT2D eigenvalue weighted by atomic mass is 9.85. The number of phosphoric ester groups is 1. The van der Waals surface area contributed by atoms with Crippen LogP contribution >= 0.6 is 7.82 Å². The van der Waals surface area contributed by atoms with E-state index in [9.17, 15) is 44.6 Å². The second-order valence-electron chi connectivity index (χ2n) is 16.6. The van der Waals surface area contributed by atoms with E-state index in [1.165, 1.54) is 89.9 Å². The summed E-state index contributed by atoms with van der Waals surface area (Å²) in [6.45, 7) is 3.26. The quantitative estimate of drug-likeness (QED) is 0.0147. The van der Waals surface area contributed by atoms with Crippen LogP contribution in [0.4, 0.5) is 0 Å². The molecule has 13 nitrogen and oxygen atoms in total. The third-order valence-corrected chi connectivity index (χ3v) is 12.0. The molecule has 0 bridgehead atoms. The van der Waals surface area contributed by atoms with Crippen LogP contribution in [0.5, 0.6) is 0 Å². The standard InChI is InChI=1S/C47H85O13P/c1-3-5-7-9-11-13-15-17-19-20-22-24-26-28-30-32-34-36-41(49)59-39(38-58-61(55,56)60-47-45(53)43(51)42(50)44(52)46(47)54)37-57-40(48)35-33-31-29-27-25-23-21-18-16-14-12-10-8-6-4-2/h11,13,17,19,22,24,39,42-47,50-54H,3-10,12,14-16,18,20-21,23,25-38H2,1-2H3,(H,55,56)/b13-11-,19-17-,24-22-. The lowest BCUT2D eigenvalue weighted by molar-refractivity contribution is -0.220. The average Bonchev–Trinajstić information content (AvgIpc) is 3.24. The molecule has 0 heterocycles. The molecule has 0 aromatic rings. The minimum atomic E-state index is -5.12. The van der Waals surface area contributed by atoms with Gasteiger partial charge in [-0.2, -0.15) is 0 Å². The molecule has 1 fully saturated rings. The van der Waals surface area contributed by atoms with Crippen molar-refractivity contribution in [2.45, 2.75) is 236 Å². The second-order valence-corrected chi connectivity index (χ2v) is 18.0. The zero-order chi connectivity index (χ0) is 45.0. The number of phosphoric acid groups is 1. The molecule has 0 aliphatic heterocycles. The molecule has 0 spiro atoms. The fourth-order valence-corrected chi connectivity index (χ4v) is 8.09. The number of aliphatic hydroxyl groups excluding tert-OH is 5. The van der Waals surface area contributed by atoms with Gasteiger partial charge in [-0.3, -0.25) is 18.6 Å². The van der Waals surface area contributed by atoms with Crippen molar-refractivity contribution in [3.8, 4) is 0 Å². The third kappa shape index (κ3) is 30.0. The summed E-state index contributed by atoms with van der Waals surface area (Å²) in [5, 5.41) is 50.2. The predicted octanol–water partition coefficient (Wildman–Crippen LogP) is 9.39. The highest BCUT2D eigenvalue weighted by molar-refractivity contribution is 7.47. The average molecular weight is 889 g/mol. The first-order valence-corrected chi connectivity index (χ1v) is 25.3. The Kier molecular flexibility index (Phi) is 35.0. The van der Waals surface area contributed by atoms with Crippen LogP contribution in [0.3, 0.4) is 0 Å². The number of esters is 2. The molecule has 1 saturated carbocycles.